The Balaban J connectivity index is 1.59. The largest absolute Gasteiger partial charge is 0.445 e. The number of hydrogen-bond donors (Lipinski definition) is 1. The summed E-state index contributed by atoms with van der Waals surface area (Å²) >= 11 is 0. The highest BCUT2D eigenvalue weighted by atomic mass is 16.6. The summed E-state index contributed by atoms with van der Waals surface area (Å²) in [6.45, 7) is 1.56. The number of hydrogen-bond acceptors (Lipinski definition) is 4. The van der Waals surface area contributed by atoms with Gasteiger partial charge in [0.2, 0.25) is 5.91 Å². The van der Waals surface area contributed by atoms with Gasteiger partial charge < -0.3 is 20.3 Å². The maximum atomic E-state index is 12.6. The maximum absolute atomic E-state index is 12.6. The molecule has 6 nitrogen and oxygen atoms in total. The van der Waals surface area contributed by atoms with E-state index in [1.165, 1.54) is 0 Å². The van der Waals surface area contributed by atoms with Crippen LogP contribution in [-0.2, 0) is 16.1 Å². The van der Waals surface area contributed by atoms with Crippen LogP contribution in [0.3, 0.4) is 0 Å². The Hall–Kier alpha value is -2.08. The summed E-state index contributed by atoms with van der Waals surface area (Å²) in [6.07, 6.45) is 4.74. The molecule has 1 aliphatic heterocycles. The van der Waals surface area contributed by atoms with Crippen molar-refractivity contribution in [1.82, 2.24) is 9.80 Å². The molecular weight excluding hydrogens is 318 g/mol. The monoisotopic (exact) mass is 345 g/mol. The van der Waals surface area contributed by atoms with Crippen LogP contribution in [0.25, 0.3) is 0 Å². The zero-order valence-corrected chi connectivity index (χ0v) is 14.6. The number of carbonyl (C=O) groups excluding carboxylic acids is 2. The van der Waals surface area contributed by atoms with Crippen LogP contribution in [0.2, 0.25) is 0 Å². The Morgan fingerprint density at radius 2 is 1.92 bits per heavy atom. The Kier molecular flexibility index (Phi) is 5.91. The highest BCUT2D eigenvalue weighted by Crippen LogP contribution is 2.29. The van der Waals surface area contributed by atoms with Gasteiger partial charge in [-0.25, -0.2) is 4.79 Å². The van der Waals surface area contributed by atoms with Gasteiger partial charge in [0.15, 0.2) is 0 Å². The van der Waals surface area contributed by atoms with Crippen LogP contribution in [0.4, 0.5) is 4.79 Å². The van der Waals surface area contributed by atoms with Crippen LogP contribution in [0.5, 0.6) is 0 Å². The van der Waals surface area contributed by atoms with Crippen molar-refractivity contribution in [3.8, 4) is 0 Å². The molecule has 2 aliphatic rings. The van der Waals surface area contributed by atoms with E-state index in [-0.39, 0.29) is 31.2 Å². The van der Waals surface area contributed by atoms with E-state index in [0.29, 0.717) is 19.1 Å². The predicted octanol–water partition coefficient (Wildman–Crippen LogP) is 2.13. The first-order valence-corrected chi connectivity index (χ1v) is 9.16. The highest BCUT2D eigenvalue weighted by Gasteiger charge is 2.36. The average Bonchev–Trinajstić information content (AvgIpc) is 3.49. The smallest absolute Gasteiger partial charge is 0.410 e. The summed E-state index contributed by atoms with van der Waals surface area (Å²) in [6, 6.07) is 10.0. The van der Waals surface area contributed by atoms with Crippen LogP contribution in [0, 0.1) is 0 Å². The normalized spacial score (nSPS) is 20.2. The third-order valence-electron chi connectivity index (χ3n) is 4.96. The molecule has 0 aromatic heterocycles. The molecule has 1 saturated heterocycles. The van der Waals surface area contributed by atoms with Crippen molar-refractivity contribution in [3.05, 3.63) is 35.9 Å². The number of nitrogens with zero attached hydrogens (tertiary/aromatic N) is 2. The van der Waals surface area contributed by atoms with Gasteiger partial charge in [0.1, 0.15) is 6.61 Å². The molecule has 3 rings (SSSR count). The van der Waals surface area contributed by atoms with Crippen molar-refractivity contribution in [2.75, 3.05) is 19.6 Å². The van der Waals surface area contributed by atoms with Crippen molar-refractivity contribution >= 4 is 12.0 Å². The fraction of sp³-hybridized carbons (Fsp3) is 0.579. The SMILES string of the molecule is NCC(=O)N(CC1CCCCN1C(=O)OCc1ccccc1)C1CC1. The summed E-state index contributed by atoms with van der Waals surface area (Å²) in [5.74, 6) is -0.0225. The number of benzene rings is 1. The van der Waals surface area contributed by atoms with E-state index in [9.17, 15) is 9.59 Å². The summed E-state index contributed by atoms with van der Waals surface area (Å²) in [4.78, 5) is 28.4. The molecule has 2 N–H and O–H groups in total. The Morgan fingerprint density at radius 3 is 2.60 bits per heavy atom. The standard InChI is InChI=1S/C19H27N3O3/c20-12-18(23)22(16-9-10-16)13-17-8-4-5-11-21(17)19(24)25-14-15-6-2-1-3-7-15/h1-3,6-7,16-17H,4-5,8-14,20H2. The lowest BCUT2D eigenvalue weighted by atomic mass is 10.0. The molecule has 1 saturated carbocycles. The first-order valence-electron chi connectivity index (χ1n) is 9.16. The second kappa shape index (κ2) is 8.34. The van der Waals surface area contributed by atoms with Crippen molar-refractivity contribution in [2.24, 2.45) is 5.73 Å². The van der Waals surface area contributed by atoms with Crippen LogP contribution in [-0.4, -0.2) is 53.5 Å². The predicted molar refractivity (Wildman–Crippen MR) is 94.8 cm³/mol. The van der Waals surface area contributed by atoms with E-state index in [1.54, 1.807) is 4.90 Å². The fourth-order valence-corrected chi connectivity index (χ4v) is 3.42. The molecule has 25 heavy (non-hydrogen) atoms. The highest BCUT2D eigenvalue weighted by molar-refractivity contribution is 5.79. The van der Waals surface area contributed by atoms with Gasteiger partial charge in [-0.15, -0.1) is 0 Å². The number of piperidine rings is 1. The second-order valence-electron chi connectivity index (χ2n) is 6.86. The van der Waals surface area contributed by atoms with Crippen LogP contribution in [0.1, 0.15) is 37.7 Å². The topological polar surface area (TPSA) is 75.9 Å². The summed E-state index contributed by atoms with van der Waals surface area (Å²) in [5.41, 5.74) is 6.53. The number of nitrogens with two attached hydrogens (primary N) is 1. The molecule has 0 spiro atoms. The second-order valence-corrected chi connectivity index (χ2v) is 6.86. The van der Waals surface area contributed by atoms with E-state index in [0.717, 1.165) is 37.7 Å². The quantitative estimate of drug-likeness (QED) is 0.857. The first kappa shape index (κ1) is 17.7. The number of rotatable bonds is 6. The molecule has 1 aromatic carbocycles. The molecule has 1 heterocycles. The molecule has 1 aliphatic carbocycles. The molecule has 1 aromatic rings. The minimum Gasteiger partial charge on any atom is -0.445 e. The third-order valence-corrected chi connectivity index (χ3v) is 4.96. The number of likely N-dealkylation sites (tertiary alicyclic amines) is 1. The van der Waals surface area contributed by atoms with Crippen molar-refractivity contribution < 1.29 is 14.3 Å². The van der Waals surface area contributed by atoms with Gasteiger partial charge in [0, 0.05) is 19.1 Å². The third kappa shape index (κ3) is 4.72. The van der Waals surface area contributed by atoms with Gasteiger partial charge in [0.05, 0.1) is 12.6 Å². The minimum absolute atomic E-state index is 0.0214. The van der Waals surface area contributed by atoms with Gasteiger partial charge in [-0.3, -0.25) is 4.79 Å². The summed E-state index contributed by atoms with van der Waals surface area (Å²) in [5, 5.41) is 0. The van der Waals surface area contributed by atoms with E-state index in [1.807, 2.05) is 35.2 Å². The number of amides is 2. The van der Waals surface area contributed by atoms with Gasteiger partial charge in [-0.1, -0.05) is 30.3 Å². The lowest BCUT2D eigenvalue weighted by molar-refractivity contribution is -0.131. The van der Waals surface area contributed by atoms with Crippen LogP contribution >= 0.6 is 0 Å². The molecule has 2 amide bonds. The number of carbonyl (C=O) groups is 2. The van der Waals surface area contributed by atoms with Crippen LogP contribution < -0.4 is 5.73 Å². The molecular formula is C19H27N3O3. The van der Waals surface area contributed by atoms with Gasteiger partial charge in [0.25, 0.3) is 0 Å². The van der Waals surface area contributed by atoms with Crippen LogP contribution in [0.15, 0.2) is 30.3 Å². The fourth-order valence-electron chi connectivity index (χ4n) is 3.42. The minimum atomic E-state index is -0.288. The average molecular weight is 345 g/mol. The Labute approximate surface area is 148 Å². The molecule has 136 valence electrons. The zero-order valence-electron chi connectivity index (χ0n) is 14.6. The van der Waals surface area contributed by atoms with Crippen molar-refractivity contribution in [1.29, 1.82) is 0 Å². The lowest BCUT2D eigenvalue weighted by Crippen LogP contribution is -2.52. The zero-order chi connectivity index (χ0) is 17.6. The van der Waals surface area contributed by atoms with Crippen molar-refractivity contribution in [3.63, 3.8) is 0 Å². The van der Waals surface area contributed by atoms with E-state index < -0.39 is 0 Å². The van der Waals surface area contributed by atoms with E-state index in [2.05, 4.69) is 0 Å². The molecule has 1 unspecified atom stereocenters. The maximum Gasteiger partial charge on any atom is 0.410 e. The Bertz CT molecular complexity index is 589. The molecule has 0 bridgehead atoms. The van der Waals surface area contributed by atoms with E-state index in [4.69, 9.17) is 10.5 Å². The van der Waals surface area contributed by atoms with Gasteiger partial charge in [-0.05, 0) is 37.7 Å². The lowest BCUT2D eigenvalue weighted by Gasteiger charge is -2.38. The summed E-state index contributed by atoms with van der Waals surface area (Å²) < 4.78 is 5.50. The van der Waals surface area contributed by atoms with Gasteiger partial charge in [-0.2, -0.15) is 0 Å². The van der Waals surface area contributed by atoms with Crippen molar-refractivity contribution in [2.45, 2.75) is 50.8 Å². The first-order chi connectivity index (χ1) is 12.2. The van der Waals surface area contributed by atoms with E-state index >= 15 is 0 Å². The molecule has 1 atom stereocenters. The Morgan fingerprint density at radius 1 is 1.16 bits per heavy atom. The molecule has 2 fully saturated rings. The van der Waals surface area contributed by atoms with Gasteiger partial charge >= 0.3 is 6.09 Å². The summed E-state index contributed by atoms with van der Waals surface area (Å²) in [7, 11) is 0. The molecule has 0 radical (unpaired) electrons. The molecule has 6 heteroatoms. The number of ether oxygens (including phenoxy) is 1.